The molecule has 0 aliphatic carbocycles. The molecule has 0 amide bonds. The molecule has 1 atom stereocenters. The monoisotopic (exact) mass is 281 g/mol. The summed E-state index contributed by atoms with van der Waals surface area (Å²) in [5.41, 5.74) is 0. The molecule has 1 aromatic rings. The summed E-state index contributed by atoms with van der Waals surface area (Å²) in [7, 11) is 0. The Hall–Kier alpha value is -0.710. The minimum atomic E-state index is -0.431. The summed E-state index contributed by atoms with van der Waals surface area (Å²) >= 11 is 2.01. The number of thioether (sulfide) groups is 1. The number of nitrogens with zero attached hydrogens (tertiary/aromatic N) is 1. The third-order valence-electron chi connectivity index (χ3n) is 3.16. The average molecular weight is 281 g/mol. The number of rotatable bonds is 5. The number of aliphatic hydroxyl groups excluding tert-OH is 1. The van der Waals surface area contributed by atoms with E-state index in [1.54, 1.807) is 0 Å². The number of ether oxygens (including phenoxy) is 1. The molecule has 1 aromatic carbocycles. The largest absolute Gasteiger partial charge is 0.491 e. The van der Waals surface area contributed by atoms with Crippen LogP contribution >= 0.6 is 11.8 Å². The van der Waals surface area contributed by atoms with Crippen molar-refractivity contribution < 1.29 is 9.84 Å². The summed E-state index contributed by atoms with van der Waals surface area (Å²) in [5, 5.41) is 10.1. The Bertz CT molecular complexity index is 383. The van der Waals surface area contributed by atoms with Crippen LogP contribution in [0.2, 0.25) is 0 Å². The quantitative estimate of drug-likeness (QED) is 0.897. The number of hydrogen-bond donors (Lipinski definition) is 1. The Morgan fingerprint density at radius 3 is 2.79 bits per heavy atom. The van der Waals surface area contributed by atoms with Crippen molar-refractivity contribution in [2.24, 2.45) is 0 Å². The SMILES string of the molecule is CC1(C)CN(CC(O)COc2ccccc2)CCS1. The van der Waals surface area contributed by atoms with Crippen LogP contribution in [0.3, 0.4) is 0 Å². The van der Waals surface area contributed by atoms with E-state index in [-0.39, 0.29) is 4.75 Å². The van der Waals surface area contributed by atoms with E-state index in [1.807, 2.05) is 42.1 Å². The molecular formula is C15H23NO2S. The van der Waals surface area contributed by atoms with Crippen molar-refractivity contribution in [3.8, 4) is 5.75 Å². The zero-order valence-corrected chi connectivity index (χ0v) is 12.5. The number of hydrogen-bond acceptors (Lipinski definition) is 4. The molecule has 1 N–H and O–H groups in total. The van der Waals surface area contributed by atoms with Gasteiger partial charge in [0, 0.05) is 30.1 Å². The van der Waals surface area contributed by atoms with Crippen LogP contribution in [0, 0.1) is 0 Å². The summed E-state index contributed by atoms with van der Waals surface area (Å²) in [4.78, 5) is 2.33. The fraction of sp³-hybridized carbons (Fsp3) is 0.600. The van der Waals surface area contributed by atoms with Gasteiger partial charge in [-0.1, -0.05) is 18.2 Å². The molecule has 0 spiro atoms. The second-order valence-corrected chi connectivity index (χ2v) is 7.42. The molecule has 3 nitrogen and oxygen atoms in total. The molecule has 2 rings (SSSR count). The maximum Gasteiger partial charge on any atom is 0.119 e. The minimum Gasteiger partial charge on any atom is -0.491 e. The van der Waals surface area contributed by atoms with E-state index in [1.165, 1.54) is 0 Å². The standard InChI is InChI=1S/C15H23NO2S/c1-15(2)12-16(8-9-19-15)10-13(17)11-18-14-6-4-3-5-7-14/h3-7,13,17H,8-12H2,1-2H3. The number of benzene rings is 1. The summed E-state index contributed by atoms with van der Waals surface area (Å²) in [6.45, 7) is 7.65. The second kappa shape index (κ2) is 6.64. The lowest BCUT2D eigenvalue weighted by Crippen LogP contribution is -2.47. The van der Waals surface area contributed by atoms with Crippen molar-refractivity contribution in [3.63, 3.8) is 0 Å². The smallest absolute Gasteiger partial charge is 0.119 e. The molecule has 0 bridgehead atoms. The summed E-state index contributed by atoms with van der Waals surface area (Å²) < 4.78 is 5.87. The van der Waals surface area contributed by atoms with Gasteiger partial charge in [0.05, 0.1) is 0 Å². The highest BCUT2D eigenvalue weighted by Gasteiger charge is 2.27. The average Bonchev–Trinajstić information content (AvgIpc) is 2.36. The van der Waals surface area contributed by atoms with E-state index in [4.69, 9.17) is 4.74 Å². The Morgan fingerprint density at radius 2 is 2.11 bits per heavy atom. The molecule has 1 fully saturated rings. The molecule has 0 aromatic heterocycles. The van der Waals surface area contributed by atoms with E-state index in [0.717, 1.165) is 24.6 Å². The van der Waals surface area contributed by atoms with Crippen LogP contribution in [0.15, 0.2) is 30.3 Å². The molecule has 1 unspecified atom stereocenters. The van der Waals surface area contributed by atoms with Gasteiger partial charge in [0.1, 0.15) is 18.5 Å². The Morgan fingerprint density at radius 1 is 1.37 bits per heavy atom. The first-order valence-corrected chi connectivity index (χ1v) is 7.76. The second-order valence-electron chi connectivity index (χ2n) is 5.62. The highest BCUT2D eigenvalue weighted by atomic mass is 32.2. The fourth-order valence-corrected chi connectivity index (χ4v) is 3.51. The third kappa shape index (κ3) is 5.05. The lowest BCUT2D eigenvalue weighted by atomic mass is 10.1. The number of aliphatic hydroxyl groups is 1. The van der Waals surface area contributed by atoms with E-state index >= 15 is 0 Å². The maximum atomic E-state index is 10.1. The van der Waals surface area contributed by atoms with E-state index in [9.17, 15) is 5.11 Å². The van der Waals surface area contributed by atoms with Crippen LogP contribution < -0.4 is 4.74 Å². The lowest BCUT2D eigenvalue weighted by Gasteiger charge is -2.38. The predicted molar refractivity (Wildman–Crippen MR) is 80.9 cm³/mol. The zero-order valence-electron chi connectivity index (χ0n) is 11.7. The normalized spacial score (nSPS) is 21.0. The van der Waals surface area contributed by atoms with Crippen molar-refractivity contribution in [3.05, 3.63) is 30.3 Å². The highest BCUT2D eigenvalue weighted by Crippen LogP contribution is 2.29. The van der Waals surface area contributed by atoms with Gasteiger partial charge >= 0.3 is 0 Å². The predicted octanol–water partition coefficient (Wildman–Crippen LogP) is 2.25. The maximum absolute atomic E-state index is 10.1. The van der Waals surface area contributed by atoms with E-state index < -0.39 is 6.10 Å². The Balaban J connectivity index is 1.73. The van der Waals surface area contributed by atoms with Crippen LogP contribution in [0.1, 0.15) is 13.8 Å². The molecule has 1 aliphatic rings. The summed E-state index contributed by atoms with van der Waals surface area (Å²) in [5.74, 6) is 1.95. The minimum absolute atomic E-state index is 0.290. The first-order chi connectivity index (χ1) is 9.05. The molecular weight excluding hydrogens is 258 g/mol. The topological polar surface area (TPSA) is 32.7 Å². The number of para-hydroxylation sites is 1. The van der Waals surface area contributed by atoms with Crippen molar-refractivity contribution in [1.29, 1.82) is 0 Å². The van der Waals surface area contributed by atoms with Gasteiger partial charge in [-0.15, -0.1) is 0 Å². The van der Waals surface area contributed by atoms with Crippen LogP contribution in [-0.2, 0) is 0 Å². The molecule has 1 heterocycles. The van der Waals surface area contributed by atoms with Crippen molar-refractivity contribution in [2.45, 2.75) is 24.7 Å². The van der Waals surface area contributed by atoms with Gasteiger partial charge in [-0.25, -0.2) is 0 Å². The highest BCUT2D eigenvalue weighted by molar-refractivity contribution is 8.00. The van der Waals surface area contributed by atoms with Crippen LogP contribution in [0.4, 0.5) is 0 Å². The van der Waals surface area contributed by atoms with E-state index in [2.05, 4.69) is 18.7 Å². The molecule has 106 valence electrons. The van der Waals surface area contributed by atoms with Gasteiger partial charge in [0.15, 0.2) is 0 Å². The Labute approximate surface area is 120 Å². The lowest BCUT2D eigenvalue weighted by molar-refractivity contribution is 0.0667. The van der Waals surface area contributed by atoms with Crippen molar-refractivity contribution in [1.82, 2.24) is 4.90 Å². The first kappa shape index (κ1) is 14.7. The molecule has 1 saturated heterocycles. The van der Waals surface area contributed by atoms with Gasteiger partial charge in [0.25, 0.3) is 0 Å². The van der Waals surface area contributed by atoms with Crippen LogP contribution in [0.5, 0.6) is 5.75 Å². The van der Waals surface area contributed by atoms with Gasteiger partial charge in [0.2, 0.25) is 0 Å². The first-order valence-electron chi connectivity index (χ1n) is 6.77. The fourth-order valence-electron chi connectivity index (χ4n) is 2.33. The Kier molecular flexibility index (Phi) is 5.13. The molecule has 0 radical (unpaired) electrons. The van der Waals surface area contributed by atoms with Gasteiger partial charge in [-0.3, -0.25) is 4.90 Å². The molecule has 19 heavy (non-hydrogen) atoms. The van der Waals surface area contributed by atoms with Crippen molar-refractivity contribution in [2.75, 3.05) is 32.0 Å². The molecule has 1 aliphatic heterocycles. The van der Waals surface area contributed by atoms with Crippen LogP contribution in [-0.4, -0.2) is 52.9 Å². The molecule has 4 heteroatoms. The summed E-state index contributed by atoms with van der Waals surface area (Å²) in [6, 6.07) is 9.65. The zero-order chi connectivity index (χ0) is 13.7. The third-order valence-corrected chi connectivity index (χ3v) is 4.46. The van der Waals surface area contributed by atoms with Gasteiger partial charge < -0.3 is 9.84 Å². The van der Waals surface area contributed by atoms with Crippen LogP contribution in [0.25, 0.3) is 0 Å². The van der Waals surface area contributed by atoms with Gasteiger partial charge in [-0.05, 0) is 26.0 Å². The van der Waals surface area contributed by atoms with Gasteiger partial charge in [-0.2, -0.15) is 11.8 Å². The molecule has 0 saturated carbocycles. The summed E-state index contributed by atoms with van der Waals surface area (Å²) in [6.07, 6.45) is -0.431. The van der Waals surface area contributed by atoms with E-state index in [0.29, 0.717) is 13.2 Å². The number of β-amino-alcohol motifs (C(OH)–C–C–N with tert-alkyl or cyclic N) is 1. The van der Waals surface area contributed by atoms with Crippen molar-refractivity contribution >= 4 is 11.8 Å².